The highest BCUT2D eigenvalue weighted by Crippen LogP contribution is 2.25. The van der Waals surface area contributed by atoms with Crippen molar-refractivity contribution in [2.24, 2.45) is 11.1 Å². The number of amides is 2. The van der Waals surface area contributed by atoms with Crippen molar-refractivity contribution in [2.45, 2.75) is 45.2 Å². The number of nitriles is 1. The van der Waals surface area contributed by atoms with Gasteiger partial charge in [0.2, 0.25) is 11.8 Å². The fraction of sp³-hybridized carbons (Fsp3) is 0.500. The van der Waals surface area contributed by atoms with Gasteiger partial charge >= 0.3 is 0 Å². The zero-order chi connectivity index (χ0) is 19.2. The standard InChI is InChI=1S/C20H27N4O2/c1-19(2,18(22)26)9-8-17(25)23-20(15-21)10-12-24(13-11-20)14-16-6-4-3-5-7-16/h3-8H,9-14H2,1-2H3,(H2,22,26)(H,23,25). The van der Waals surface area contributed by atoms with Crippen LogP contribution in [0.4, 0.5) is 0 Å². The molecule has 6 nitrogen and oxygen atoms in total. The van der Waals surface area contributed by atoms with E-state index in [1.54, 1.807) is 13.8 Å². The van der Waals surface area contributed by atoms with Gasteiger partial charge in [0.1, 0.15) is 5.54 Å². The Kier molecular flexibility index (Phi) is 6.38. The van der Waals surface area contributed by atoms with E-state index in [2.05, 4.69) is 28.4 Å². The maximum atomic E-state index is 12.2. The van der Waals surface area contributed by atoms with Crippen molar-refractivity contribution in [1.29, 1.82) is 5.26 Å². The first-order chi connectivity index (χ1) is 12.3. The van der Waals surface area contributed by atoms with E-state index in [-0.39, 0.29) is 12.3 Å². The molecule has 1 saturated heterocycles. The summed E-state index contributed by atoms with van der Waals surface area (Å²) in [4.78, 5) is 25.9. The fourth-order valence-electron chi connectivity index (χ4n) is 2.93. The zero-order valence-electron chi connectivity index (χ0n) is 15.5. The topological polar surface area (TPSA) is 99.2 Å². The summed E-state index contributed by atoms with van der Waals surface area (Å²) in [6.45, 7) is 5.72. The van der Waals surface area contributed by atoms with Gasteiger partial charge in [-0.1, -0.05) is 44.2 Å². The van der Waals surface area contributed by atoms with Crippen LogP contribution in [0.25, 0.3) is 0 Å². The van der Waals surface area contributed by atoms with Gasteiger partial charge in [-0.05, 0) is 24.8 Å². The number of carbonyl (C=O) groups excluding carboxylic acids is 2. The lowest BCUT2D eigenvalue weighted by Crippen LogP contribution is -2.54. The first-order valence-electron chi connectivity index (χ1n) is 8.89. The Morgan fingerprint density at radius 1 is 1.31 bits per heavy atom. The molecular formula is C20H27N4O2. The number of nitrogens with zero attached hydrogens (tertiary/aromatic N) is 2. The predicted molar refractivity (Wildman–Crippen MR) is 99.3 cm³/mol. The third-order valence-electron chi connectivity index (χ3n) is 5.00. The van der Waals surface area contributed by atoms with Gasteiger partial charge in [0.15, 0.2) is 0 Å². The number of likely N-dealkylation sites (tertiary alicyclic amines) is 1. The van der Waals surface area contributed by atoms with Crippen molar-refractivity contribution in [2.75, 3.05) is 13.1 Å². The summed E-state index contributed by atoms with van der Waals surface area (Å²) in [5, 5.41) is 12.5. The number of benzene rings is 1. The summed E-state index contributed by atoms with van der Waals surface area (Å²) in [5.74, 6) is -0.775. The molecule has 1 aromatic rings. The molecule has 3 N–H and O–H groups in total. The summed E-state index contributed by atoms with van der Waals surface area (Å²) in [7, 11) is 0. The lowest BCUT2D eigenvalue weighted by molar-refractivity contribution is -0.126. The average Bonchev–Trinajstić information content (AvgIpc) is 2.63. The molecule has 0 aliphatic carbocycles. The molecular weight excluding hydrogens is 328 g/mol. The Hall–Kier alpha value is -2.39. The van der Waals surface area contributed by atoms with Gasteiger partial charge in [-0.15, -0.1) is 0 Å². The number of piperidine rings is 1. The maximum Gasteiger partial charge on any atom is 0.225 e. The van der Waals surface area contributed by atoms with Crippen molar-refractivity contribution in [3.8, 4) is 6.07 Å². The fourth-order valence-corrected chi connectivity index (χ4v) is 2.93. The van der Waals surface area contributed by atoms with Gasteiger partial charge in [-0.25, -0.2) is 0 Å². The second-order valence-corrected chi connectivity index (χ2v) is 7.60. The lowest BCUT2D eigenvalue weighted by atomic mass is 9.85. The number of hydrogen-bond donors (Lipinski definition) is 2. The largest absolute Gasteiger partial charge is 0.369 e. The third kappa shape index (κ3) is 5.30. The van der Waals surface area contributed by atoms with Crippen LogP contribution in [-0.4, -0.2) is 35.3 Å². The second-order valence-electron chi connectivity index (χ2n) is 7.60. The highest BCUT2D eigenvalue weighted by molar-refractivity contribution is 5.87. The molecule has 0 bridgehead atoms. The minimum absolute atomic E-state index is 0.246. The summed E-state index contributed by atoms with van der Waals surface area (Å²) >= 11 is 0. The summed E-state index contributed by atoms with van der Waals surface area (Å²) < 4.78 is 0. The highest BCUT2D eigenvalue weighted by atomic mass is 16.2. The molecule has 1 aromatic carbocycles. The molecule has 6 heteroatoms. The Labute approximate surface area is 155 Å². The van der Waals surface area contributed by atoms with Crippen LogP contribution in [0, 0.1) is 23.2 Å². The Bertz CT molecular complexity index is 671. The lowest BCUT2D eigenvalue weighted by Gasteiger charge is -2.38. The van der Waals surface area contributed by atoms with Crippen molar-refractivity contribution in [3.05, 3.63) is 42.3 Å². The van der Waals surface area contributed by atoms with Crippen LogP contribution in [0.2, 0.25) is 0 Å². The van der Waals surface area contributed by atoms with Crippen molar-refractivity contribution in [1.82, 2.24) is 10.2 Å². The number of hydrogen-bond acceptors (Lipinski definition) is 4. The monoisotopic (exact) mass is 355 g/mol. The van der Waals surface area contributed by atoms with Gasteiger partial charge in [-0.2, -0.15) is 5.26 Å². The second kappa shape index (κ2) is 8.33. The first-order valence-corrected chi connectivity index (χ1v) is 8.89. The van der Waals surface area contributed by atoms with Crippen molar-refractivity contribution < 1.29 is 9.59 Å². The molecule has 0 saturated carbocycles. The number of carbonyl (C=O) groups is 2. The van der Waals surface area contributed by atoms with Gasteiger partial charge in [0, 0.05) is 25.0 Å². The number of nitrogens with one attached hydrogen (secondary N) is 1. The van der Waals surface area contributed by atoms with E-state index in [0.717, 1.165) is 19.6 Å². The highest BCUT2D eigenvalue weighted by Gasteiger charge is 2.36. The molecule has 1 heterocycles. The molecule has 2 amide bonds. The van der Waals surface area contributed by atoms with E-state index in [9.17, 15) is 14.9 Å². The van der Waals surface area contributed by atoms with Gasteiger partial charge in [0.25, 0.3) is 0 Å². The van der Waals surface area contributed by atoms with Crippen molar-refractivity contribution in [3.63, 3.8) is 0 Å². The molecule has 0 atom stereocenters. The van der Waals surface area contributed by atoms with Gasteiger partial charge in [-0.3, -0.25) is 14.5 Å². The summed E-state index contributed by atoms with van der Waals surface area (Å²) in [6, 6.07) is 12.5. The molecule has 1 aliphatic rings. The molecule has 0 aromatic heterocycles. The van der Waals surface area contributed by atoms with Crippen LogP contribution in [0.5, 0.6) is 0 Å². The van der Waals surface area contributed by atoms with Crippen LogP contribution in [-0.2, 0) is 16.1 Å². The summed E-state index contributed by atoms with van der Waals surface area (Å²) in [5.41, 5.74) is 4.93. The van der Waals surface area contributed by atoms with Crippen LogP contribution >= 0.6 is 0 Å². The molecule has 1 aliphatic heterocycles. The Balaban J connectivity index is 1.85. The third-order valence-corrected chi connectivity index (χ3v) is 5.00. The molecule has 0 unspecified atom stereocenters. The molecule has 2 rings (SSSR count). The molecule has 139 valence electrons. The van der Waals surface area contributed by atoms with Crippen LogP contribution in [0.3, 0.4) is 0 Å². The first kappa shape index (κ1) is 19.9. The Morgan fingerprint density at radius 2 is 1.92 bits per heavy atom. The molecule has 0 spiro atoms. The smallest absolute Gasteiger partial charge is 0.225 e. The van der Waals surface area contributed by atoms with E-state index in [4.69, 9.17) is 5.73 Å². The van der Waals surface area contributed by atoms with Crippen LogP contribution in [0.1, 0.15) is 38.7 Å². The normalized spacial score (nSPS) is 17.3. The van der Waals surface area contributed by atoms with E-state index >= 15 is 0 Å². The van der Waals surface area contributed by atoms with E-state index in [1.807, 2.05) is 18.2 Å². The van der Waals surface area contributed by atoms with E-state index in [0.29, 0.717) is 12.8 Å². The molecule has 26 heavy (non-hydrogen) atoms. The number of rotatable bonds is 7. The van der Waals surface area contributed by atoms with Crippen LogP contribution < -0.4 is 11.1 Å². The zero-order valence-corrected chi connectivity index (χ0v) is 15.5. The SMILES string of the molecule is CC(C)(C[CH]C(=O)NC1(C#N)CCN(Cc2ccccc2)CC1)C(N)=O. The van der Waals surface area contributed by atoms with Crippen LogP contribution in [0.15, 0.2) is 30.3 Å². The Morgan fingerprint density at radius 3 is 2.46 bits per heavy atom. The molecule has 1 radical (unpaired) electrons. The van der Waals surface area contributed by atoms with Gasteiger partial charge in [0.05, 0.1) is 12.5 Å². The van der Waals surface area contributed by atoms with Gasteiger partial charge < -0.3 is 11.1 Å². The summed E-state index contributed by atoms with van der Waals surface area (Å²) in [6.07, 6.45) is 2.82. The van der Waals surface area contributed by atoms with E-state index < -0.39 is 16.9 Å². The molecule has 1 fully saturated rings. The van der Waals surface area contributed by atoms with Crippen molar-refractivity contribution >= 4 is 11.8 Å². The van der Waals surface area contributed by atoms with E-state index in [1.165, 1.54) is 12.0 Å². The average molecular weight is 355 g/mol. The maximum absolute atomic E-state index is 12.2. The quantitative estimate of drug-likeness (QED) is 0.778. The predicted octanol–water partition coefficient (Wildman–Crippen LogP) is 1.77. The number of nitrogens with two attached hydrogens (primary N) is 1. The number of primary amides is 1. The minimum atomic E-state index is -0.850. The minimum Gasteiger partial charge on any atom is -0.369 e.